The minimum absolute atomic E-state index is 0.250. The van der Waals surface area contributed by atoms with Crippen molar-refractivity contribution in [3.63, 3.8) is 0 Å². The summed E-state index contributed by atoms with van der Waals surface area (Å²) in [4.78, 5) is 14.8. The number of hydrogen-bond acceptors (Lipinski definition) is 2. The molecular formula is C11H13NO. The average Bonchev–Trinajstić information content (AvgIpc) is 2.15. The second-order valence-corrected chi connectivity index (χ2v) is 3.17. The molecule has 13 heavy (non-hydrogen) atoms. The van der Waals surface area contributed by atoms with Crippen LogP contribution in [0.3, 0.4) is 0 Å². The largest absolute Gasteiger partial charge is 0.298 e. The molecule has 0 spiro atoms. The highest BCUT2D eigenvalue weighted by Gasteiger charge is 2.01. The first kappa shape index (κ1) is 9.65. The number of aldehydes is 1. The summed E-state index contributed by atoms with van der Waals surface area (Å²) in [6.07, 6.45) is 4.42. The Morgan fingerprint density at radius 1 is 1.46 bits per heavy atom. The maximum atomic E-state index is 10.7. The molecule has 0 aliphatic rings. The predicted octanol–water partition coefficient (Wildman–Crippen LogP) is 2.32. The normalized spacial score (nSPS) is 11.8. The molecule has 2 nitrogen and oxygen atoms in total. The fraction of sp³-hybridized carbons (Fsp3) is 0.273. The summed E-state index contributed by atoms with van der Waals surface area (Å²) in [6.45, 7) is 3.98. The van der Waals surface area contributed by atoms with E-state index in [1.807, 2.05) is 38.1 Å². The van der Waals surface area contributed by atoms with E-state index in [-0.39, 0.29) is 5.92 Å². The van der Waals surface area contributed by atoms with Gasteiger partial charge < -0.3 is 0 Å². The molecule has 0 fully saturated rings. The number of rotatable bonds is 3. The van der Waals surface area contributed by atoms with Gasteiger partial charge in [-0.2, -0.15) is 0 Å². The van der Waals surface area contributed by atoms with Crippen molar-refractivity contribution in [2.45, 2.75) is 13.8 Å². The fourth-order valence-corrected chi connectivity index (χ4v) is 0.969. The van der Waals surface area contributed by atoms with Crippen LogP contribution in [0.4, 0.5) is 0 Å². The van der Waals surface area contributed by atoms with Crippen molar-refractivity contribution >= 4 is 12.4 Å². The molecule has 68 valence electrons. The van der Waals surface area contributed by atoms with Gasteiger partial charge in [0.1, 0.15) is 6.29 Å². The first-order chi connectivity index (χ1) is 6.24. The van der Waals surface area contributed by atoms with Gasteiger partial charge in [-0.15, -0.1) is 0 Å². The Balaban J connectivity index is 2.92. The Morgan fingerprint density at radius 2 is 2.23 bits per heavy atom. The van der Waals surface area contributed by atoms with Crippen molar-refractivity contribution in [2.24, 2.45) is 5.92 Å². The van der Waals surface area contributed by atoms with Crippen molar-refractivity contribution in [3.8, 4) is 0 Å². The van der Waals surface area contributed by atoms with E-state index < -0.39 is 0 Å². The molecule has 0 N–H and O–H groups in total. The Morgan fingerprint density at radius 3 is 2.69 bits per heavy atom. The van der Waals surface area contributed by atoms with Gasteiger partial charge in [-0.25, -0.2) is 0 Å². The van der Waals surface area contributed by atoms with E-state index >= 15 is 0 Å². The average molecular weight is 175 g/mol. The molecule has 0 amide bonds. The first-order valence-electron chi connectivity index (χ1n) is 4.32. The van der Waals surface area contributed by atoms with E-state index in [4.69, 9.17) is 0 Å². The third kappa shape index (κ3) is 2.82. The molecule has 1 aromatic rings. The van der Waals surface area contributed by atoms with Crippen LogP contribution in [0.2, 0.25) is 0 Å². The van der Waals surface area contributed by atoms with Gasteiger partial charge in [0.2, 0.25) is 0 Å². The number of pyridine rings is 1. The maximum absolute atomic E-state index is 10.7. The SMILES string of the molecule is CC(C)/C(C=O)=C\c1ccccn1. The molecule has 1 aromatic heterocycles. The summed E-state index contributed by atoms with van der Waals surface area (Å²) in [7, 11) is 0. The van der Waals surface area contributed by atoms with Crippen LogP contribution in [0.5, 0.6) is 0 Å². The zero-order valence-electron chi connectivity index (χ0n) is 7.90. The lowest BCUT2D eigenvalue weighted by Gasteiger charge is -2.02. The van der Waals surface area contributed by atoms with Gasteiger partial charge in [0.15, 0.2) is 0 Å². The molecule has 0 saturated carbocycles. The van der Waals surface area contributed by atoms with E-state index in [0.29, 0.717) is 0 Å². The third-order valence-electron chi connectivity index (χ3n) is 1.81. The van der Waals surface area contributed by atoms with Gasteiger partial charge in [-0.05, 0) is 29.7 Å². The summed E-state index contributed by atoms with van der Waals surface area (Å²) in [6, 6.07) is 5.64. The quantitative estimate of drug-likeness (QED) is 0.521. The van der Waals surface area contributed by atoms with E-state index in [1.165, 1.54) is 0 Å². The molecule has 0 aliphatic carbocycles. The van der Waals surface area contributed by atoms with Crippen LogP contribution < -0.4 is 0 Å². The molecule has 1 heterocycles. The standard InChI is InChI=1S/C11H13NO/c1-9(2)10(8-13)7-11-5-3-4-6-12-11/h3-9H,1-2H3/b10-7-. The molecule has 0 aliphatic heterocycles. The lowest BCUT2D eigenvalue weighted by atomic mass is 10.0. The summed E-state index contributed by atoms with van der Waals surface area (Å²) in [5, 5.41) is 0. The zero-order valence-corrected chi connectivity index (χ0v) is 7.90. The predicted molar refractivity (Wildman–Crippen MR) is 53.1 cm³/mol. The molecule has 1 rings (SSSR count). The summed E-state index contributed by atoms with van der Waals surface area (Å²) < 4.78 is 0. The Bertz CT molecular complexity index is 301. The lowest BCUT2D eigenvalue weighted by molar-refractivity contribution is -0.105. The highest BCUT2D eigenvalue weighted by molar-refractivity contribution is 5.81. The maximum Gasteiger partial charge on any atom is 0.146 e. The van der Waals surface area contributed by atoms with Crippen LogP contribution in [-0.4, -0.2) is 11.3 Å². The number of carbonyl (C=O) groups excluding carboxylic acids is 1. The molecule has 0 aromatic carbocycles. The van der Waals surface area contributed by atoms with Crippen LogP contribution in [0.15, 0.2) is 30.0 Å². The lowest BCUT2D eigenvalue weighted by Crippen LogP contribution is -1.95. The zero-order chi connectivity index (χ0) is 9.68. The first-order valence-corrected chi connectivity index (χ1v) is 4.32. The van der Waals surface area contributed by atoms with E-state index in [1.54, 1.807) is 6.20 Å². The second-order valence-electron chi connectivity index (χ2n) is 3.17. The highest BCUT2D eigenvalue weighted by atomic mass is 16.1. The van der Waals surface area contributed by atoms with E-state index in [0.717, 1.165) is 17.6 Å². The van der Waals surface area contributed by atoms with Gasteiger partial charge in [-0.1, -0.05) is 19.9 Å². The van der Waals surface area contributed by atoms with Gasteiger partial charge in [0.25, 0.3) is 0 Å². The van der Waals surface area contributed by atoms with Crippen LogP contribution in [0, 0.1) is 5.92 Å². The van der Waals surface area contributed by atoms with Crippen LogP contribution >= 0.6 is 0 Å². The molecule has 0 unspecified atom stereocenters. The van der Waals surface area contributed by atoms with Crippen molar-refractivity contribution < 1.29 is 4.79 Å². The van der Waals surface area contributed by atoms with Gasteiger partial charge in [0.05, 0.1) is 5.69 Å². The van der Waals surface area contributed by atoms with E-state index in [2.05, 4.69) is 4.98 Å². The Kier molecular flexibility index (Phi) is 3.38. The van der Waals surface area contributed by atoms with Crippen LogP contribution in [-0.2, 0) is 4.79 Å². The highest BCUT2D eigenvalue weighted by Crippen LogP contribution is 2.10. The van der Waals surface area contributed by atoms with Crippen molar-refractivity contribution in [1.82, 2.24) is 4.98 Å². The van der Waals surface area contributed by atoms with Gasteiger partial charge in [-0.3, -0.25) is 9.78 Å². The number of carbonyl (C=O) groups is 1. The molecule has 0 atom stereocenters. The molecule has 0 saturated heterocycles. The van der Waals surface area contributed by atoms with Crippen LogP contribution in [0.25, 0.3) is 6.08 Å². The summed E-state index contributed by atoms with van der Waals surface area (Å²) in [5.74, 6) is 0.250. The Labute approximate surface area is 78.3 Å². The topological polar surface area (TPSA) is 30.0 Å². The molecular weight excluding hydrogens is 162 g/mol. The van der Waals surface area contributed by atoms with Crippen molar-refractivity contribution in [3.05, 3.63) is 35.7 Å². The summed E-state index contributed by atoms with van der Waals surface area (Å²) >= 11 is 0. The number of hydrogen-bond donors (Lipinski definition) is 0. The molecule has 0 bridgehead atoms. The van der Waals surface area contributed by atoms with Crippen molar-refractivity contribution in [2.75, 3.05) is 0 Å². The number of nitrogens with zero attached hydrogens (tertiary/aromatic N) is 1. The second kappa shape index (κ2) is 4.55. The molecule has 0 radical (unpaired) electrons. The number of aromatic nitrogens is 1. The van der Waals surface area contributed by atoms with Gasteiger partial charge >= 0.3 is 0 Å². The van der Waals surface area contributed by atoms with Crippen LogP contribution in [0.1, 0.15) is 19.5 Å². The molecule has 2 heteroatoms. The fourth-order valence-electron chi connectivity index (χ4n) is 0.969. The minimum atomic E-state index is 0.250. The minimum Gasteiger partial charge on any atom is -0.298 e. The smallest absolute Gasteiger partial charge is 0.146 e. The monoisotopic (exact) mass is 175 g/mol. The van der Waals surface area contributed by atoms with Gasteiger partial charge in [0, 0.05) is 6.20 Å². The third-order valence-corrected chi connectivity index (χ3v) is 1.81. The van der Waals surface area contributed by atoms with Crippen molar-refractivity contribution in [1.29, 1.82) is 0 Å². The number of allylic oxidation sites excluding steroid dienone is 1. The Hall–Kier alpha value is -1.44. The summed E-state index contributed by atoms with van der Waals surface area (Å²) in [5.41, 5.74) is 1.61. The van der Waals surface area contributed by atoms with E-state index in [9.17, 15) is 4.79 Å².